The zero-order chi connectivity index (χ0) is 19.5. The van der Waals surface area contributed by atoms with Crippen molar-refractivity contribution in [3.63, 3.8) is 0 Å². The highest BCUT2D eigenvalue weighted by Crippen LogP contribution is 2.19. The van der Waals surface area contributed by atoms with Crippen LogP contribution in [0.25, 0.3) is 0 Å². The number of nitrogens with zero attached hydrogens (tertiary/aromatic N) is 3. The van der Waals surface area contributed by atoms with Crippen LogP contribution in [0.15, 0.2) is 59.8 Å². The number of H-pyrrole nitrogens is 1. The first kappa shape index (κ1) is 18.0. The highest BCUT2D eigenvalue weighted by Gasteiger charge is 2.27. The summed E-state index contributed by atoms with van der Waals surface area (Å²) in [6, 6.07) is 13.5. The number of aromatic nitrogens is 3. The smallest absolute Gasteiger partial charge is 0.410 e. The van der Waals surface area contributed by atoms with Crippen LogP contribution in [-0.4, -0.2) is 32.1 Å². The molecule has 28 heavy (non-hydrogen) atoms. The lowest BCUT2D eigenvalue weighted by Gasteiger charge is -2.28. The van der Waals surface area contributed by atoms with Gasteiger partial charge >= 0.3 is 6.09 Å². The van der Waals surface area contributed by atoms with E-state index in [1.807, 2.05) is 49.4 Å². The molecule has 1 unspecified atom stereocenters. The number of carbonyl (C=O) groups is 1. The second-order valence-electron chi connectivity index (χ2n) is 6.91. The van der Waals surface area contributed by atoms with E-state index in [0.29, 0.717) is 25.1 Å². The molecule has 1 N–H and O–H groups in total. The van der Waals surface area contributed by atoms with Gasteiger partial charge in [0, 0.05) is 19.2 Å². The van der Waals surface area contributed by atoms with Crippen LogP contribution in [0.3, 0.4) is 0 Å². The van der Waals surface area contributed by atoms with Gasteiger partial charge in [-0.25, -0.2) is 9.78 Å². The van der Waals surface area contributed by atoms with Gasteiger partial charge in [0.2, 0.25) is 0 Å². The Balaban J connectivity index is 1.50. The van der Waals surface area contributed by atoms with E-state index in [1.54, 1.807) is 22.0 Å². The second kappa shape index (κ2) is 7.72. The third-order valence-corrected chi connectivity index (χ3v) is 4.98. The van der Waals surface area contributed by atoms with Gasteiger partial charge in [-0.2, -0.15) is 0 Å². The average Bonchev–Trinajstić information content (AvgIpc) is 3.26. The Kier molecular flexibility index (Phi) is 4.97. The van der Waals surface area contributed by atoms with Gasteiger partial charge in [-0.05, 0) is 24.6 Å². The Morgan fingerprint density at radius 2 is 2.07 bits per heavy atom. The number of hydrogen-bond donors (Lipinski definition) is 1. The van der Waals surface area contributed by atoms with Crippen LogP contribution in [0.1, 0.15) is 35.5 Å². The van der Waals surface area contributed by atoms with Crippen LogP contribution in [0.5, 0.6) is 0 Å². The molecule has 0 spiro atoms. The standard InChI is InChI=1S/C21H22N4O3/c1-15(18-8-5-10-22-18)28-21(27)24-11-9-19-17(13-24)20(26)25(14-23-19)12-16-6-3-2-4-7-16/h2-8,10,14-15,22H,9,11-13H2,1H3. The SMILES string of the molecule is CC(OC(=O)N1CCc2ncn(Cc3ccccc3)c(=O)c2C1)c1ccc[nH]1. The van der Waals surface area contributed by atoms with Crippen LogP contribution in [-0.2, 0) is 24.2 Å². The summed E-state index contributed by atoms with van der Waals surface area (Å²) in [6.07, 6.45) is 3.12. The molecule has 7 heteroatoms. The third kappa shape index (κ3) is 3.69. The third-order valence-electron chi connectivity index (χ3n) is 4.98. The van der Waals surface area contributed by atoms with Crippen LogP contribution < -0.4 is 5.56 Å². The first-order valence-electron chi connectivity index (χ1n) is 9.32. The van der Waals surface area contributed by atoms with Gasteiger partial charge in [0.1, 0.15) is 6.10 Å². The number of amides is 1. The van der Waals surface area contributed by atoms with Gasteiger partial charge in [0.15, 0.2) is 0 Å². The number of nitrogens with one attached hydrogen (secondary N) is 1. The van der Waals surface area contributed by atoms with Crippen molar-refractivity contribution in [3.8, 4) is 0 Å². The molecule has 144 valence electrons. The summed E-state index contributed by atoms with van der Waals surface area (Å²) in [7, 11) is 0. The molecule has 0 bridgehead atoms. The molecule has 2 aromatic heterocycles. The summed E-state index contributed by atoms with van der Waals surface area (Å²) < 4.78 is 7.13. The molecule has 0 aliphatic carbocycles. The number of benzene rings is 1. The zero-order valence-corrected chi connectivity index (χ0v) is 15.7. The van der Waals surface area contributed by atoms with Gasteiger partial charge in [0.05, 0.1) is 36.4 Å². The maximum atomic E-state index is 12.9. The Morgan fingerprint density at radius 3 is 2.82 bits per heavy atom. The molecule has 0 radical (unpaired) electrons. The summed E-state index contributed by atoms with van der Waals surface area (Å²) in [6.45, 7) is 2.97. The Bertz CT molecular complexity index is 1010. The summed E-state index contributed by atoms with van der Waals surface area (Å²) in [5.74, 6) is 0. The Morgan fingerprint density at radius 1 is 1.25 bits per heavy atom. The average molecular weight is 378 g/mol. The largest absolute Gasteiger partial charge is 0.440 e. The van der Waals surface area contributed by atoms with E-state index in [4.69, 9.17) is 4.74 Å². The molecule has 1 atom stereocenters. The minimum Gasteiger partial charge on any atom is -0.440 e. The molecular weight excluding hydrogens is 356 g/mol. The number of carbonyl (C=O) groups excluding carboxylic acids is 1. The van der Waals surface area contributed by atoms with Crippen molar-refractivity contribution in [2.45, 2.75) is 32.5 Å². The van der Waals surface area contributed by atoms with Crippen molar-refractivity contribution in [3.05, 3.63) is 87.9 Å². The Hall–Kier alpha value is -3.35. The maximum Gasteiger partial charge on any atom is 0.410 e. The number of hydrogen-bond acceptors (Lipinski definition) is 4. The van der Waals surface area contributed by atoms with Gasteiger partial charge in [-0.3, -0.25) is 9.36 Å². The van der Waals surface area contributed by atoms with E-state index in [9.17, 15) is 9.59 Å². The van der Waals surface area contributed by atoms with Crippen LogP contribution in [0, 0.1) is 0 Å². The molecule has 1 amide bonds. The molecule has 3 heterocycles. The van der Waals surface area contributed by atoms with Crippen molar-refractivity contribution in [2.24, 2.45) is 0 Å². The number of ether oxygens (including phenoxy) is 1. The topological polar surface area (TPSA) is 80.2 Å². The fourth-order valence-electron chi connectivity index (χ4n) is 3.39. The van der Waals surface area contributed by atoms with Gasteiger partial charge in [-0.1, -0.05) is 30.3 Å². The highest BCUT2D eigenvalue weighted by molar-refractivity contribution is 5.68. The first-order chi connectivity index (χ1) is 13.6. The summed E-state index contributed by atoms with van der Waals surface area (Å²) in [5.41, 5.74) is 3.07. The minimum absolute atomic E-state index is 0.108. The second-order valence-corrected chi connectivity index (χ2v) is 6.91. The lowest BCUT2D eigenvalue weighted by atomic mass is 10.1. The lowest BCUT2D eigenvalue weighted by Crippen LogP contribution is -2.41. The van der Waals surface area contributed by atoms with E-state index in [1.165, 1.54) is 0 Å². The van der Waals surface area contributed by atoms with E-state index in [-0.39, 0.29) is 18.2 Å². The molecule has 1 aliphatic heterocycles. The molecule has 0 saturated heterocycles. The maximum absolute atomic E-state index is 12.9. The zero-order valence-electron chi connectivity index (χ0n) is 15.7. The molecule has 4 rings (SSSR count). The lowest BCUT2D eigenvalue weighted by molar-refractivity contribution is 0.0641. The predicted octanol–water partition coefficient (Wildman–Crippen LogP) is 2.88. The molecular formula is C21H22N4O3. The number of fused-ring (bicyclic) bond motifs is 1. The van der Waals surface area contributed by atoms with Crippen molar-refractivity contribution in [1.29, 1.82) is 0 Å². The monoisotopic (exact) mass is 378 g/mol. The van der Waals surface area contributed by atoms with Crippen molar-refractivity contribution in [1.82, 2.24) is 19.4 Å². The molecule has 3 aromatic rings. The van der Waals surface area contributed by atoms with Crippen molar-refractivity contribution < 1.29 is 9.53 Å². The molecule has 0 saturated carbocycles. The molecule has 1 aliphatic rings. The van der Waals surface area contributed by atoms with Crippen molar-refractivity contribution >= 4 is 6.09 Å². The quantitative estimate of drug-likeness (QED) is 0.757. The van der Waals surface area contributed by atoms with Gasteiger partial charge in [0.25, 0.3) is 5.56 Å². The predicted molar refractivity (Wildman–Crippen MR) is 104 cm³/mol. The van der Waals surface area contributed by atoms with E-state index < -0.39 is 6.09 Å². The minimum atomic E-state index is -0.425. The van der Waals surface area contributed by atoms with E-state index in [2.05, 4.69) is 9.97 Å². The fraction of sp³-hybridized carbons (Fsp3) is 0.286. The van der Waals surface area contributed by atoms with Gasteiger partial charge in [-0.15, -0.1) is 0 Å². The number of aromatic amines is 1. The normalized spacial score (nSPS) is 14.4. The van der Waals surface area contributed by atoms with Crippen molar-refractivity contribution in [2.75, 3.05) is 6.54 Å². The summed E-state index contributed by atoms with van der Waals surface area (Å²) in [4.78, 5) is 34.6. The number of rotatable bonds is 4. The Labute approximate surface area is 162 Å². The first-order valence-corrected chi connectivity index (χ1v) is 9.32. The molecule has 1 aromatic carbocycles. The van der Waals surface area contributed by atoms with E-state index >= 15 is 0 Å². The van der Waals surface area contributed by atoms with Crippen LogP contribution in [0.2, 0.25) is 0 Å². The fourth-order valence-corrected chi connectivity index (χ4v) is 3.39. The molecule has 0 fully saturated rings. The summed E-state index contributed by atoms with van der Waals surface area (Å²) in [5, 5.41) is 0. The van der Waals surface area contributed by atoms with Gasteiger partial charge < -0.3 is 14.6 Å². The molecule has 7 nitrogen and oxygen atoms in total. The summed E-state index contributed by atoms with van der Waals surface area (Å²) >= 11 is 0. The highest BCUT2D eigenvalue weighted by atomic mass is 16.6. The van der Waals surface area contributed by atoms with Crippen LogP contribution >= 0.6 is 0 Å². The van der Waals surface area contributed by atoms with E-state index in [0.717, 1.165) is 17.0 Å². The van der Waals surface area contributed by atoms with Crippen LogP contribution in [0.4, 0.5) is 4.79 Å².